The molecule has 27 heavy (non-hydrogen) atoms. The summed E-state index contributed by atoms with van der Waals surface area (Å²) in [7, 11) is 1.70. The maximum absolute atomic E-state index is 8.19. The van der Waals surface area contributed by atoms with Crippen LogP contribution < -0.4 is 21.7 Å². The lowest BCUT2D eigenvalue weighted by molar-refractivity contribution is 0.379. The Kier molecular flexibility index (Phi) is 5.71. The van der Waals surface area contributed by atoms with Gasteiger partial charge in [-0.2, -0.15) is 0 Å². The number of nitrogens with one attached hydrogen (secondary N) is 5. The molecule has 0 aromatic rings. The van der Waals surface area contributed by atoms with Crippen molar-refractivity contribution < 1.29 is 0 Å². The van der Waals surface area contributed by atoms with Gasteiger partial charge in [-0.3, -0.25) is 10.4 Å². The highest BCUT2D eigenvalue weighted by molar-refractivity contribution is 5.97. The largest absolute Gasteiger partial charge is 0.404 e. The number of fused-ring (bicyclic) bond motifs is 1. The number of nitrogens with zero attached hydrogens (tertiary/aromatic N) is 1. The maximum Gasteiger partial charge on any atom is 0.123 e. The monoisotopic (exact) mass is 363 g/mol. The minimum absolute atomic E-state index is 0.261. The molecule has 0 bridgehead atoms. The van der Waals surface area contributed by atoms with E-state index in [0.717, 1.165) is 41.0 Å². The van der Waals surface area contributed by atoms with Gasteiger partial charge in [0, 0.05) is 43.0 Å². The van der Waals surface area contributed by atoms with Crippen molar-refractivity contribution in [2.75, 3.05) is 7.05 Å². The number of hydrogen-bond donors (Lipinski definition) is 6. The van der Waals surface area contributed by atoms with Crippen LogP contribution >= 0.6 is 0 Å². The van der Waals surface area contributed by atoms with Crippen molar-refractivity contribution in [2.45, 2.75) is 19.3 Å². The van der Waals surface area contributed by atoms with Crippen LogP contribution in [0.5, 0.6) is 0 Å². The normalized spacial score (nSPS) is 20.2. The molecule has 1 aliphatic carbocycles. The quantitative estimate of drug-likeness (QED) is 0.320. The number of allylic oxidation sites excluding steroid dienone is 6. The summed E-state index contributed by atoms with van der Waals surface area (Å²) in [6.07, 6.45) is 17.4. The van der Waals surface area contributed by atoms with Crippen molar-refractivity contribution in [1.29, 1.82) is 10.8 Å². The predicted octanol–water partition coefficient (Wildman–Crippen LogP) is 2.17. The molecule has 3 rings (SSSR count). The van der Waals surface area contributed by atoms with Crippen molar-refractivity contribution in [2.24, 2.45) is 16.6 Å². The van der Waals surface area contributed by atoms with Gasteiger partial charge in [-0.25, -0.2) is 0 Å². The molecule has 0 aromatic heterocycles. The Morgan fingerprint density at radius 3 is 2.78 bits per heavy atom. The van der Waals surface area contributed by atoms with E-state index in [1.807, 2.05) is 24.4 Å². The van der Waals surface area contributed by atoms with Crippen molar-refractivity contribution in [3.8, 4) is 0 Å². The average Bonchev–Trinajstić information content (AvgIpc) is 2.63. The third-order valence-electron chi connectivity index (χ3n) is 4.76. The first-order chi connectivity index (χ1) is 13.1. The van der Waals surface area contributed by atoms with Crippen LogP contribution in [0.1, 0.15) is 19.3 Å². The molecule has 3 aliphatic rings. The minimum atomic E-state index is 0.261. The molecular formula is C20H25N7. The molecule has 0 atom stereocenters. The van der Waals surface area contributed by atoms with Gasteiger partial charge in [0.1, 0.15) is 11.7 Å². The van der Waals surface area contributed by atoms with E-state index >= 15 is 0 Å². The zero-order chi connectivity index (χ0) is 19.2. The zero-order valence-electron chi connectivity index (χ0n) is 15.3. The fourth-order valence-electron chi connectivity index (χ4n) is 3.06. The number of aliphatic imine (C=N–C) groups is 1. The number of amidine groups is 1. The molecule has 7 heteroatoms. The molecule has 1 saturated carbocycles. The van der Waals surface area contributed by atoms with Crippen molar-refractivity contribution in [3.63, 3.8) is 0 Å². The van der Waals surface area contributed by atoms with Crippen LogP contribution in [0.25, 0.3) is 0 Å². The van der Waals surface area contributed by atoms with Gasteiger partial charge in [-0.1, -0.05) is 6.42 Å². The molecule has 7 nitrogen and oxygen atoms in total. The highest BCUT2D eigenvalue weighted by atomic mass is 15.1. The van der Waals surface area contributed by atoms with E-state index in [1.165, 1.54) is 18.8 Å². The summed E-state index contributed by atoms with van der Waals surface area (Å²) >= 11 is 0. The number of nitrogens with two attached hydrogens (primary N) is 1. The van der Waals surface area contributed by atoms with Crippen molar-refractivity contribution in [3.05, 3.63) is 70.6 Å². The van der Waals surface area contributed by atoms with E-state index < -0.39 is 0 Å². The Hall–Kier alpha value is -3.35. The van der Waals surface area contributed by atoms with Gasteiger partial charge in [-0.05, 0) is 48.6 Å². The third-order valence-corrected chi connectivity index (χ3v) is 4.76. The van der Waals surface area contributed by atoms with Crippen LogP contribution in [0, 0.1) is 16.7 Å². The smallest absolute Gasteiger partial charge is 0.123 e. The van der Waals surface area contributed by atoms with Crippen LogP contribution in [-0.4, -0.2) is 25.3 Å². The second-order valence-electron chi connectivity index (χ2n) is 6.55. The van der Waals surface area contributed by atoms with E-state index in [9.17, 15) is 0 Å². The Bertz CT molecular complexity index is 846. The van der Waals surface area contributed by atoms with E-state index in [4.69, 9.17) is 16.6 Å². The predicted molar refractivity (Wildman–Crippen MR) is 110 cm³/mol. The van der Waals surface area contributed by atoms with E-state index in [-0.39, 0.29) is 5.84 Å². The SMILES string of the molecule is CN=CC(=CN)C1=CNC2=CC=C(NC(=N)C=C(C=N)C3CCC3)NC2=C1. The average molecular weight is 363 g/mol. The Labute approximate surface area is 159 Å². The molecule has 7 N–H and O–H groups in total. The van der Waals surface area contributed by atoms with Gasteiger partial charge in [-0.15, -0.1) is 0 Å². The van der Waals surface area contributed by atoms with Crippen LogP contribution in [0.4, 0.5) is 0 Å². The summed E-state index contributed by atoms with van der Waals surface area (Å²) in [6, 6.07) is 0. The molecule has 0 aromatic carbocycles. The van der Waals surface area contributed by atoms with Gasteiger partial charge in [0.25, 0.3) is 0 Å². The molecule has 2 aliphatic heterocycles. The first kappa shape index (κ1) is 18.4. The van der Waals surface area contributed by atoms with E-state index in [1.54, 1.807) is 19.3 Å². The first-order valence-electron chi connectivity index (χ1n) is 8.94. The lowest BCUT2D eigenvalue weighted by Crippen LogP contribution is -2.35. The summed E-state index contributed by atoms with van der Waals surface area (Å²) in [5.74, 6) is 1.38. The maximum atomic E-state index is 8.19. The van der Waals surface area contributed by atoms with E-state index in [2.05, 4.69) is 20.9 Å². The van der Waals surface area contributed by atoms with Gasteiger partial charge in [0.2, 0.25) is 0 Å². The molecule has 140 valence electrons. The number of dihydropyridines is 2. The standard InChI is InChI=1S/C20H25N7/c1-24-11-16(10-22)15-7-18-17(25-12-15)5-6-20(26-18)27-19(23)8-14(9-21)13-3-2-4-13/h5-13,21,25-26H,2-4,22H2,1H3,(H2,23,27). The first-order valence-corrected chi connectivity index (χ1v) is 8.94. The number of rotatable bonds is 6. The second kappa shape index (κ2) is 8.35. The second-order valence-corrected chi connectivity index (χ2v) is 6.55. The van der Waals surface area contributed by atoms with Crippen LogP contribution in [-0.2, 0) is 0 Å². The summed E-state index contributed by atoms with van der Waals surface area (Å²) in [4.78, 5) is 4.02. The fraction of sp³-hybridized carbons (Fsp3) is 0.250. The van der Waals surface area contributed by atoms with Gasteiger partial charge in [0.15, 0.2) is 0 Å². The summed E-state index contributed by atoms with van der Waals surface area (Å²) in [5, 5.41) is 25.3. The van der Waals surface area contributed by atoms with Crippen LogP contribution in [0.2, 0.25) is 0 Å². The number of hydrogen-bond acceptors (Lipinski definition) is 6. The highest BCUT2D eigenvalue weighted by Crippen LogP contribution is 2.32. The fourth-order valence-corrected chi connectivity index (χ4v) is 3.06. The molecule has 0 saturated heterocycles. The summed E-state index contributed by atoms with van der Waals surface area (Å²) in [5.41, 5.74) is 10.1. The molecule has 0 amide bonds. The lowest BCUT2D eigenvalue weighted by Gasteiger charge is -2.27. The molecule has 0 unspecified atom stereocenters. The Balaban J connectivity index is 1.69. The Morgan fingerprint density at radius 2 is 2.15 bits per heavy atom. The Morgan fingerprint density at radius 1 is 1.33 bits per heavy atom. The van der Waals surface area contributed by atoms with Crippen molar-refractivity contribution >= 4 is 18.3 Å². The van der Waals surface area contributed by atoms with Crippen LogP contribution in [0.3, 0.4) is 0 Å². The molecule has 2 heterocycles. The van der Waals surface area contributed by atoms with Gasteiger partial charge >= 0.3 is 0 Å². The third kappa shape index (κ3) is 4.25. The molecule has 1 fully saturated rings. The lowest BCUT2D eigenvalue weighted by atomic mass is 9.80. The topological polar surface area (TPSA) is 122 Å². The van der Waals surface area contributed by atoms with Crippen LogP contribution in [0.15, 0.2) is 75.6 Å². The zero-order valence-corrected chi connectivity index (χ0v) is 15.3. The van der Waals surface area contributed by atoms with E-state index in [0.29, 0.717) is 11.7 Å². The van der Waals surface area contributed by atoms with Gasteiger partial charge in [0.05, 0.1) is 11.4 Å². The summed E-state index contributed by atoms with van der Waals surface area (Å²) < 4.78 is 0. The molecule has 0 spiro atoms. The molecular weight excluding hydrogens is 338 g/mol. The summed E-state index contributed by atoms with van der Waals surface area (Å²) in [6.45, 7) is 0. The highest BCUT2D eigenvalue weighted by Gasteiger charge is 2.21. The van der Waals surface area contributed by atoms with Gasteiger partial charge < -0.3 is 27.1 Å². The van der Waals surface area contributed by atoms with Crippen molar-refractivity contribution in [1.82, 2.24) is 16.0 Å². The minimum Gasteiger partial charge on any atom is -0.404 e. The molecule has 0 radical (unpaired) electrons.